The van der Waals surface area contributed by atoms with Gasteiger partial charge in [-0.2, -0.15) is 0 Å². The molecule has 7 nitrogen and oxygen atoms in total. The molecule has 0 aliphatic carbocycles. The Hall–Kier alpha value is -3.97. The molecule has 0 aromatic heterocycles. The fourth-order valence-corrected chi connectivity index (χ4v) is 4.93. The molecule has 1 N–H and O–H groups in total. The summed E-state index contributed by atoms with van der Waals surface area (Å²) in [4.78, 5) is 28.5. The largest absolute Gasteiger partial charge is 0.507 e. The van der Waals surface area contributed by atoms with Crippen molar-refractivity contribution in [2.45, 2.75) is 33.7 Å². The first-order chi connectivity index (χ1) is 18.2. The number of ether oxygens (including phenoxy) is 3. The number of benzene rings is 3. The van der Waals surface area contributed by atoms with E-state index < -0.39 is 17.7 Å². The lowest BCUT2D eigenvalue weighted by atomic mass is 9.94. The number of ketones is 1. The summed E-state index contributed by atoms with van der Waals surface area (Å²) in [6.07, 6.45) is 0. The van der Waals surface area contributed by atoms with Crippen LogP contribution in [-0.2, 0) is 9.59 Å². The molecule has 1 amide bonds. The highest BCUT2D eigenvalue weighted by Crippen LogP contribution is 2.45. The van der Waals surface area contributed by atoms with Gasteiger partial charge in [0.2, 0.25) is 0 Å². The molecule has 0 radical (unpaired) electrons. The van der Waals surface area contributed by atoms with E-state index >= 15 is 0 Å². The van der Waals surface area contributed by atoms with Gasteiger partial charge in [-0.15, -0.1) is 0 Å². The second kappa shape index (κ2) is 11.2. The minimum Gasteiger partial charge on any atom is -0.507 e. The molecule has 1 aliphatic rings. The summed E-state index contributed by atoms with van der Waals surface area (Å²) in [7, 11) is 1.53. The molecule has 1 unspecified atom stereocenters. The van der Waals surface area contributed by atoms with Crippen molar-refractivity contribution in [1.82, 2.24) is 0 Å². The molecule has 4 rings (SSSR count). The van der Waals surface area contributed by atoms with Crippen molar-refractivity contribution in [2.24, 2.45) is 0 Å². The standard InChI is InChI=1S/C30H30ClNO6/c1-6-37-21-9-10-23(31)22(16-21)28(33)26-27(19-8-11-24(36-5)25(15-19)38-7-2)32(30(35)29(26)34)20-13-17(3)12-18(4)14-20/h8-16,27,33H,6-7H2,1-5H3/b28-26+. The Morgan fingerprint density at radius 2 is 1.61 bits per heavy atom. The Balaban J connectivity index is 2.00. The van der Waals surface area contributed by atoms with Crippen LogP contribution in [0.25, 0.3) is 5.76 Å². The van der Waals surface area contributed by atoms with Gasteiger partial charge in [-0.05, 0) is 86.8 Å². The van der Waals surface area contributed by atoms with E-state index in [4.69, 9.17) is 25.8 Å². The van der Waals surface area contributed by atoms with E-state index in [1.807, 2.05) is 45.9 Å². The molecular weight excluding hydrogens is 506 g/mol. The number of rotatable bonds is 8. The highest BCUT2D eigenvalue weighted by atomic mass is 35.5. The van der Waals surface area contributed by atoms with E-state index in [9.17, 15) is 14.7 Å². The molecular formula is C30H30ClNO6. The van der Waals surface area contributed by atoms with E-state index in [-0.39, 0.29) is 21.9 Å². The number of aliphatic hydroxyl groups excluding tert-OH is 1. The van der Waals surface area contributed by atoms with Crippen LogP contribution in [0, 0.1) is 13.8 Å². The van der Waals surface area contributed by atoms with Crippen LogP contribution < -0.4 is 19.1 Å². The predicted octanol–water partition coefficient (Wildman–Crippen LogP) is 6.39. The first-order valence-corrected chi connectivity index (χ1v) is 12.7. The number of aryl methyl sites for hydroxylation is 2. The van der Waals surface area contributed by atoms with Crippen LogP contribution in [0.4, 0.5) is 5.69 Å². The zero-order chi connectivity index (χ0) is 27.6. The number of carbonyl (C=O) groups is 2. The number of halogens is 1. The lowest BCUT2D eigenvalue weighted by molar-refractivity contribution is -0.132. The number of hydrogen-bond donors (Lipinski definition) is 1. The number of Topliss-reactive ketones (excluding diaryl/α,β-unsaturated/α-hetero) is 1. The number of nitrogens with zero attached hydrogens (tertiary/aromatic N) is 1. The van der Waals surface area contributed by atoms with E-state index in [0.29, 0.717) is 41.7 Å². The van der Waals surface area contributed by atoms with Gasteiger partial charge in [0, 0.05) is 11.3 Å². The molecule has 38 heavy (non-hydrogen) atoms. The maximum Gasteiger partial charge on any atom is 0.300 e. The smallest absolute Gasteiger partial charge is 0.300 e. The summed E-state index contributed by atoms with van der Waals surface area (Å²) in [6.45, 7) is 8.31. The van der Waals surface area contributed by atoms with Crippen molar-refractivity contribution in [2.75, 3.05) is 25.2 Å². The number of aliphatic hydroxyl groups is 1. The van der Waals surface area contributed by atoms with E-state index in [2.05, 4.69) is 0 Å². The van der Waals surface area contributed by atoms with Crippen molar-refractivity contribution in [3.8, 4) is 17.2 Å². The van der Waals surface area contributed by atoms with Gasteiger partial charge in [0.25, 0.3) is 11.7 Å². The average Bonchev–Trinajstić information content (AvgIpc) is 3.14. The fraction of sp³-hybridized carbons (Fsp3) is 0.267. The van der Waals surface area contributed by atoms with Crippen LogP contribution >= 0.6 is 11.6 Å². The van der Waals surface area contributed by atoms with E-state index in [1.165, 1.54) is 12.0 Å². The topological polar surface area (TPSA) is 85.3 Å². The number of methoxy groups -OCH3 is 1. The molecule has 8 heteroatoms. The third-order valence-electron chi connectivity index (χ3n) is 6.24. The molecule has 1 atom stereocenters. The number of hydrogen-bond acceptors (Lipinski definition) is 6. The maximum atomic E-state index is 13.6. The quantitative estimate of drug-likeness (QED) is 0.204. The van der Waals surface area contributed by atoms with Crippen LogP contribution in [0.1, 0.15) is 42.1 Å². The normalized spacial score (nSPS) is 16.6. The molecule has 0 spiro atoms. The molecule has 3 aromatic rings. The van der Waals surface area contributed by atoms with Crippen molar-refractivity contribution < 1.29 is 28.9 Å². The molecule has 3 aromatic carbocycles. The summed E-state index contributed by atoms with van der Waals surface area (Å²) in [5.74, 6) is -0.533. The zero-order valence-electron chi connectivity index (χ0n) is 22.0. The van der Waals surface area contributed by atoms with Crippen LogP contribution in [-0.4, -0.2) is 37.1 Å². The van der Waals surface area contributed by atoms with Crippen molar-refractivity contribution in [3.05, 3.63) is 87.4 Å². The van der Waals surface area contributed by atoms with Gasteiger partial charge in [-0.1, -0.05) is 23.7 Å². The molecule has 1 saturated heterocycles. The Bertz CT molecular complexity index is 1410. The van der Waals surface area contributed by atoms with Gasteiger partial charge < -0.3 is 19.3 Å². The lowest BCUT2D eigenvalue weighted by Gasteiger charge is -2.27. The monoisotopic (exact) mass is 535 g/mol. The Labute approximate surface area is 227 Å². The zero-order valence-corrected chi connectivity index (χ0v) is 22.8. The minimum atomic E-state index is -0.951. The summed E-state index contributed by atoms with van der Waals surface area (Å²) in [5, 5.41) is 11.8. The lowest BCUT2D eigenvalue weighted by Crippen LogP contribution is -2.29. The average molecular weight is 536 g/mol. The Morgan fingerprint density at radius 1 is 0.921 bits per heavy atom. The molecule has 1 heterocycles. The predicted molar refractivity (Wildman–Crippen MR) is 147 cm³/mol. The van der Waals surface area contributed by atoms with Gasteiger partial charge in [0.05, 0.1) is 37.0 Å². The van der Waals surface area contributed by atoms with Gasteiger partial charge in [-0.3, -0.25) is 14.5 Å². The maximum absolute atomic E-state index is 13.6. The van der Waals surface area contributed by atoms with Gasteiger partial charge in [-0.25, -0.2) is 0 Å². The minimum absolute atomic E-state index is 0.0858. The van der Waals surface area contributed by atoms with E-state index in [0.717, 1.165) is 11.1 Å². The van der Waals surface area contributed by atoms with Crippen LogP contribution in [0.2, 0.25) is 5.02 Å². The number of amides is 1. The van der Waals surface area contributed by atoms with Crippen molar-refractivity contribution in [1.29, 1.82) is 0 Å². The van der Waals surface area contributed by atoms with Crippen molar-refractivity contribution >= 4 is 34.7 Å². The van der Waals surface area contributed by atoms with Crippen LogP contribution in [0.15, 0.2) is 60.2 Å². The third kappa shape index (κ3) is 5.07. The first-order valence-electron chi connectivity index (χ1n) is 12.3. The SMILES string of the molecule is CCOc1ccc(Cl)c(/C(O)=C2\C(=O)C(=O)N(c3cc(C)cc(C)c3)C2c2ccc(OC)c(OCC)c2)c1. The Morgan fingerprint density at radius 3 is 2.24 bits per heavy atom. The fourth-order valence-electron chi connectivity index (χ4n) is 4.72. The van der Waals surface area contributed by atoms with E-state index in [1.54, 1.807) is 36.4 Å². The first kappa shape index (κ1) is 27.1. The summed E-state index contributed by atoms with van der Waals surface area (Å²) >= 11 is 6.45. The van der Waals surface area contributed by atoms with Crippen LogP contribution in [0.5, 0.6) is 17.2 Å². The second-order valence-electron chi connectivity index (χ2n) is 8.93. The highest BCUT2D eigenvalue weighted by molar-refractivity contribution is 6.52. The molecule has 1 fully saturated rings. The molecule has 0 bridgehead atoms. The summed E-state index contributed by atoms with van der Waals surface area (Å²) in [5.41, 5.74) is 3.07. The van der Waals surface area contributed by atoms with Gasteiger partial charge >= 0.3 is 0 Å². The van der Waals surface area contributed by atoms with Gasteiger partial charge in [0.1, 0.15) is 11.5 Å². The van der Waals surface area contributed by atoms with Crippen LogP contribution in [0.3, 0.4) is 0 Å². The second-order valence-corrected chi connectivity index (χ2v) is 9.34. The highest BCUT2D eigenvalue weighted by Gasteiger charge is 2.47. The summed E-state index contributed by atoms with van der Waals surface area (Å²) in [6, 6.07) is 14.7. The van der Waals surface area contributed by atoms with Gasteiger partial charge in [0.15, 0.2) is 11.5 Å². The number of carbonyl (C=O) groups excluding carboxylic acids is 2. The number of anilines is 1. The summed E-state index contributed by atoms with van der Waals surface area (Å²) < 4.78 is 16.8. The molecule has 1 aliphatic heterocycles. The third-order valence-corrected chi connectivity index (χ3v) is 6.57. The molecule has 0 saturated carbocycles. The Kier molecular flexibility index (Phi) is 7.97. The molecule has 198 valence electrons. The van der Waals surface area contributed by atoms with Crippen molar-refractivity contribution in [3.63, 3.8) is 0 Å².